The van der Waals surface area contributed by atoms with Crippen LogP contribution < -0.4 is 5.32 Å². The highest BCUT2D eigenvalue weighted by Gasteiger charge is 2.18. The molecule has 0 bridgehead atoms. The van der Waals surface area contributed by atoms with Crippen LogP contribution in [0.3, 0.4) is 0 Å². The summed E-state index contributed by atoms with van der Waals surface area (Å²) in [5, 5.41) is 10.3. The average Bonchev–Trinajstić information content (AvgIpc) is 3.16. The van der Waals surface area contributed by atoms with E-state index in [-0.39, 0.29) is 16.5 Å². The van der Waals surface area contributed by atoms with Crippen LogP contribution in [-0.2, 0) is 16.4 Å². The highest BCUT2D eigenvalue weighted by Crippen LogP contribution is 2.19. The van der Waals surface area contributed by atoms with Crippen LogP contribution in [-0.4, -0.2) is 48.7 Å². The molecule has 0 radical (unpaired) electrons. The third-order valence-corrected chi connectivity index (χ3v) is 6.75. The normalized spacial score (nSPS) is 11.6. The summed E-state index contributed by atoms with van der Waals surface area (Å²) in [4.78, 5) is 13.6. The number of rotatable bonds is 8. The number of anilines is 1. The fraction of sp³-hybridized carbons (Fsp3) is 0.211. The first kappa shape index (κ1) is 21.0. The Labute approximate surface area is 173 Å². The first-order valence-corrected chi connectivity index (χ1v) is 11.1. The van der Waals surface area contributed by atoms with E-state index < -0.39 is 15.9 Å². The summed E-state index contributed by atoms with van der Waals surface area (Å²) >= 11 is 1.67. The molecule has 0 aliphatic heterocycles. The van der Waals surface area contributed by atoms with E-state index >= 15 is 0 Å². The molecule has 0 unspecified atom stereocenters. The quantitative estimate of drug-likeness (QED) is 0.546. The van der Waals surface area contributed by atoms with Gasteiger partial charge in [-0.2, -0.15) is 0 Å². The second-order valence-electron chi connectivity index (χ2n) is 6.18. The molecule has 0 saturated heterocycles. The Morgan fingerprint density at radius 1 is 1.07 bits per heavy atom. The highest BCUT2D eigenvalue weighted by molar-refractivity contribution is 7.99. The fourth-order valence-electron chi connectivity index (χ4n) is 2.34. The standard InChI is InChI=1S/C19H20N4O4S2/c1-23(2)29(25,26)16-10-8-14(9-11-16)18(24)20-19-22-21-17(27-19)12-13-28-15-6-4-3-5-7-15/h3-11H,12-13H2,1-2H3,(H,20,22,24). The van der Waals surface area contributed by atoms with Crippen molar-refractivity contribution in [3.05, 3.63) is 66.1 Å². The number of sulfonamides is 1. The maximum atomic E-state index is 12.3. The van der Waals surface area contributed by atoms with Gasteiger partial charge in [0.2, 0.25) is 15.9 Å². The van der Waals surface area contributed by atoms with Crippen LogP contribution >= 0.6 is 11.8 Å². The number of carbonyl (C=O) groups is 1. The molecule has 0 fully saturated rings. The van der Waals surface area contributed by atoms with Crippen LogP contribution in [0.25, 0.3) is 0 Å². The van der Waals surface area contributed by atoms with E-state index in [0.717, 1.165) is 15.0 Å². The number of nitrogens with zero attached hydrogens (tertiary/aromatic N) is 3. The van der Waals surface area contributed by atoms with Gasteiger partial charge >= 0.3 is 6.01 Å². The molecule has 2 aromatic carbocycles. The molecular formula is C19H20N4O4S2. The van der Waals surface area contributed by atoms with E-state index in [1.165, 1.54) is 38.4 Å². The Kier molecular flexibility index (Phi) is 6.68. The lowest BCUT2D eigenvalue weighted by Gasteiger charge is -2.11. The van der Waals surface area contributed by atoms with E-state index in [1.807, 2.05) is 30.3 Å². The summed E-state index contributed by atoms with van der Waals surface area (Å²) in [6.45, 7) is 0. The Balaban J connectivity index is 1.56. The molecule has 152 valence electrons. The number of benzene rings is 2. The zero-order chi connectivity index (χ0) is 20.9. The van der Waals surface area contributed by atoms with Gasteiger partial charge < -0.3 is 4.42 Å². The third kappa shape index (κ3) is 5.43. The van der Waals surface area contributed by atoms with Crippen LogP contribution in [0.5, 0.6) is 0 Å². The minimum atomic E-state index is -3.55. The molecule has 10 heteroatoms. The molecular weight excluding hydrogens is 412 g/mol. The van der Waals surface area contributed by atoms with Crippen molar-refractivity contribution < 1.29 is 17.6 Å². The van der Waals surface area contributed by atoms with Crippen LogP contribution in [0, 0.1) is 0 Å². The Morgan fingerprint density at radius 3 is 2.41 bits per heavy atom. The monoisotopic (exact) mass is 432 g/mol. The van der Waals surface area contributed by atoms with Crippen molar-refractivity contribution in [2.24, 2.45) is 0 Å². The van der Waals surface area contributed by atoms with Gasteiger partial charge in [0.25, 0.3) is 5.91 Å². The van der Waals surface area contributed by atoms with Gasteiger partial charge in [0.05, 0.1) is 4.90 Å². The number of nitrogens with one attached hydrogen (secondary N) is 1. The van der Waals surface area contributed by atoms with Crippen molar-refractivity contribution in [2.75, 3.05) is 25.2 Å². The third-order valence-electron chi connectivity index (χ3n) is 3.91. The van der Waals surface area contributed by atoms with Gasteiger partial charge in [-0.15, -0.1) is 16.9 Å². The van der Waals surface area contributed by atoms with Crippen LogP contribution in [0.4, 0.5) is 6.01 Å². The minimum Gasteiger partial charge on any atom is -0.408 e. The van der Waals surface area contributed by atoms with Crippen LogP contribution in [0.15, 0.2) is 68.8 Å². The number of hydrogen-bond acceptors (Lipinski definition) is 7. The molecule has 29 heavy (non-hydrogen) atoms. The SMILES string of the molecule is CN(C)S(=O)(=O)c1ccc(C(=O)Nc2nnc(CCSc3ccccc3)o2)cc1. The van der Waals surface area contributed by atoms with E-state index in [9.17, 15) is 13.2 Å². The largest absolute Gasteiger partial charge is 0.408 e. The number of amides is 1. The van der Waals surface area contributed by atoms with E-state index in [1.54, 1.807) is 11.8 Å². The average molecular weight is 433 g/mol. The summed E-state index contributed by atoms with van der Waals surface area (Å²) in [7, 11) is -0.653. The van der Waals surface area contributed by atoms with Gasteiger partial charge in [0.15, 0.2) is 0 Å². The van der Waals surface area contributed by atoms with Crippen molar-refractivity contribution in [3.8, 4) is 0 Å². The minimum absolute atomic E-state index is 0.000277. The number of carbonyl (C=O) groups excluding carboxylic acids is 1. The first-order valence-electron chi connectivity index (χ1n) is 8.70. The van der Waals surface area contributed by atoms with Crippen molar-refractivity contribution in [1.29, 1.82) is 0 Å². The number of aromatic nitrogens is 2. The molecule has 3 rings (SSSR count). The fourth-order valence-corrected chi connectivity index (χ4v) is 4.10. The summed E-state index contributed by atoms with van der Waals surface area (Å²) < 4.78 is 30.7. The Morgan fingerprint density at radius 2 is 1.76 bits per heavy atom. The first-order chi connectivity index (χ1) is 13.9. The zero-order valence-corrected chi connectivity index (χ0v) is 17.5. The van der Waals surface area contributed by atoms with Gasteiger partial charge in [-0.25, -0.2) is 12.7 Å². The summed E-state index contributed by atoms with van der Waals surface area (Å²) in [5.74, 6) is 0.727. The molecule has 0 spiro atoms. The van der Waals surface area contributed by atoms with E-state index in [0.29, 0.717) is 12.3 Å². The van der Waals surface area contributed by atoms with Crippen molar-refractivity contribution in [1.82, 2.24) is 14.5 Å². The summed E-state index contributed by atoms with van der Waals surface area (Å²) in [6, 6.07) is 15.6. The number of thioether (sulfide) groups is 1. The summed E-state index contributed by atoms with van der Waals surface area (Å²) in [5.41, 5.74) is 0.280. The Bertz CT molecular complexity index is 1070. The van der Waals surface area contributed by atoms with Crippen molar-refractivity contribution in [3.63, 3.8) is 0 Å². The molecule has 3 aromatic rings. The van der Waals surface area contributed by atoms with Gasteiger partial charge in [0, 0.05) is 36.7 Å². The molecule has 0 saturated carbocycles. The lowest BCUT2D eigenvalue weighted by Crippen LogP contribution is -2.22. The lowest BCUT2D eigenvalue weighted by atomic mass is 10.2. The Hall–Kier alpha value is -2.69. The maximum Gasteiger partial charge on any atom is 0.322 e. The predicted octanol–water partition coefficient (Wildman–Crippen LogP) is 2.91. The number of aryl methyl sites for hydroxylation is 1. The van der Waals surface area contributed by atoms with Gasteiger partial charge in [-0.3, -0.25) is 10.1 Å². The zero-order valence-electron chi connectivity index (χ0n) is 15.9. The predicted molar refractivity (Wildman–Crippen MR) is 110 cm³/mol. The lowest BCUT2D eigenvalue weighted by molar-refractivity contribution is 0.102. The van der Waals surface area contributed by atoms with Gasteiger partial charge in [-0.1, -0.05) is 23.3 Å². The second kappa shape index (κ2) is 9.21. The van der Waals surface area contributed by atoms with Crippen molar-refractivity contribution >= 4 is 33.7 Å². The molecule has 0 aliphatic rings. The molecule has 1 amide bonds. The molecule has 0 aliphatic carbocycles. The molecule has 1 N–H and O–H groups in total. The smallest absolute Gasteiger partial charge is 0.322 e. The van der Waals surface area contributed by atoms with Crippen LogP contribution in [0.1, 0.15) is 16.2 Å². The molecule has 1 aromatic heterocycles. The maximum absolute atomic E-state index is 12.3. The second-order valence-corrected chi connectivity index (χ2v) is 9.50. The number of hydrogen-bond donors (Lipinski definition) is 1. The molecule has 1 heterocycles. The molecule has 0 atom stereocenters. The van der Waals surface area contributed by atoms with Crippen molar-refractivity contribution in [2.45, 2.75) is 16.2 Å². The van der Waals surface area contributed by atoms with Gasteiger partial charge in [0.1, 0.15) is 0 Å². The summed E-state index contributed by atoms with van der Waals surface area (Å²) in [6.07, 6.45) is 0.569. The highest BCUT2D eigenvalue weighted by atomic mass is 32.2. The topological polar surface area (TPSA) is 105 Å². The van der Waals surface area contributed by atoms with E-state index in [4.69, 9.17) is 4.42 Å². The molecule has 8 nitrogen and oxygen atoms in total. The van der Waals surface area contributed by atoms with E-state index in [2.05, 4.69) is 15.5 Å². The van der Waals surface area contributed by atoms with Gasteiger partial charge in [-0.05, 0) is 36.4 Å². The van der Waals surface area contributed by atoms with Crippen LogP contribution in [0.2, 0.25) is 0 Å².